The molecule has 1 saturated heterocycles. The van der Waals surface area contributed by atoms with Crippen LogP contribution in [0, 0.1) is 0 Å². The van der Waals surface area contributed by atoms with E-state index in [0.717, 1.165) is 32.7 Å². The van der Waals surface area contributed by atoms with E-state index in [1.807, 2.05) is 0 Å². The average Bonchev–Trinajstić information content (AvgIpc) is 2.79. The van der Waals surface area contributed by atoms with Crippen LogP contribution in [0.25, 0.3) is 0 Å². The molecular weight excluding hydrogens is 479 g/mol. The molecule has 0 bridgehead atoms. The standard InChI is InChI=1S/C20H22ClN3O3.C2HF3O2/c1-2-23-8-10-24(11-9-23)18-7-6-16(13-17(18)20(26)27)22-19(25)14-4-3-5-15(21)12-14;3-2(4,5)1(6)7/h3-7,12-13H,2,8-11H2,1H3,(H,22,25)(H,26,27);(H,6,7). The van der Waals surface area contributed by atoms with Gasteiger partial charge in [0.15, 0.2) is 0 Å². The van der Waals surface area contributed by atoms with E-state index in [9.17, 15) is 27.9 Å². The topological polar surface area (TPSA) is 110 Å². The fourth-order valence-corrected chi connectivity index (χ4v) is 3.39. The molecule has 12 heteroatoms. The van der Waals surface area contributed by atoms with Crippen LogP contribution in [0.4, 0.5) is 24.5 Å². The number of carbonyl (C=O) groups excluding carboxylic acids is 1. The van der Waals surface area contributed by atoms with Crippen molar-refractivity contribution in [2.45, 2.75) is 13.1 Å². The molecule has 3 rings (SSSR count). The normalized spacial score (nSPS) is 14.1. The first-order valence-electron chi connectivity index (χ1n) is 10.1. The van der Waals surface area contributed by atoms with Crippen molar-refractivity contribution >= 4 is 40.8 Å². The van der Waals surface area contributed by atoms with Crippen molar-refractivity contribution in [3.8, 4) is 0 Å². The number of piperazine rings is 1. The maximum atomic E-state index is 12.4. The van der Waals surface area contributed by atoms with E-state index < -0.39 is 18.1 Å². The quantitative estimate of drug-likeness (QED) is 0.566. The van der Waals surface area contributed by atoms with Crippen molar-refractivity contribution in [1.82, 2.24) is 4.90 Å². The second-order valence-electron chi connectivity index (χ2n) is 7.23. The molecule has 1 aliphatic heterocycles. The van der Waals surface area contributed by atoms with Crippen molar-refractivity contribution in [3.05, 3.63) is 58.6 Å². The Kier molecular flexibility index (Phi) is 9.28. The number of carboxylic acid groups (broad SMARTS) is 2. The summed E-state index contributed by atoms with van der Waals surface area (Å²) in [6, 6.07) is 11.6. The van der Waals surface area contributed by atoms with Crippen LogP contribution in [0.3, 0.4) is 0 Å². The number of amides is 1. The van der Waals surface area contributed by atoms with Crippen LogP contribution in [-0.2, 0) is 4.79 Å². The van der Waals surface area contributed by atoms with E-state index in [1.54, 1.807) is 36.4 Å². The van der Waals surface area contributed by atoms with E-state index in [4.69, 9.17) is 21.5 Å². The maximum Gasteiger partial charge on any atom is 0.490 e. The number of carboxylic acids is 2. The third-order valence-corrected chi connectivity index (χ3v) is 5.21. The molecule has 1 heterocycles. The molecule has 3 N–H and O–H groups in total. The average molecular weight is 502 g/mol. The summed E-state index contributed by atoms with van der Waals surface area (Å²) in [6.07, 6.45) is -5.08. The minimum absolute atomic E-state index is 0.184. The zero-order chi connectivity index (χ0) is 25.5. The lowest BCUT2D eigenvalue weighted by molar-refractivity contribution is -0.192. The van der Waals surface area contributed by atoms with Crippen molar-refractivity contribution in [3.63, 3.8) is 0 Å². The van der Waals surface area contributed by atoms with Gasteiger partial charge in [-0.25, -0.2) is 9.59 Å². The summed E-state index contributed by atoms with van der Waals surface area (Å²) in [7, 11) is 0. The zero-order valence-electron chi connectivity index (χ0n) is 18.1. The van der Waals surface area contributed by atoms with E-state index in [2.05, 4.69) is 22.0 Å². The molecule has 1 fully saturated rings. The number of rotatable bonds is 5. The molecule has 184 valence electrons. The number of alkyl halides is 3. The third kappa shape index (κ3) is 7.63. The first-order valence-corrected chi connectivity index (χ1v) is 10.5. The molecule has 0 aliphatic carbocycles. The Labute approximate surface area is 198 Å². The van der Waals surface area contributed by atoms with Crippen LogP contribution >= 0.6 is 11.6 Å². The van der Waals surface area contributed by atoms with Crippen LogP contribution in [0.15, 0.2) is 42.5 Å². The van der Waals surface area contributed by atoms with Gasteiger partial charge < -0.3 is 25.3 Å². The molecule has 0 aromatic heterocycles. The van der Waals surface area contributed by atoms with Gasteiger partial charge in [0.2, 0.25) is 0 Å². The summed E-state index contributed by atoms with van der Waals surface area (Å²) in [4.78, 5) is 37.4. The van der Waals surface area contributed by atoms with Crippen LogP contribution in [-0.4, -0.2) is 71.9 Å². The van der Waals surface area contributed by atoms with Gasteiger partial charge in [-0.3, -0.25) is 4.79 Å². The first-order chi connectivity index (χ1) is 15.9. The third-order valence-electron chi connectivity index (χ3n) is 4.97. The highest BCUT2D eigenvalue weighted by molar-refractivity contribution is 6.31. The van der Waals surface area contributed by atoms with E-state index in [0.29, 0.717) is 22.0 Å². The number of hydrogen-bond donors (Lipinski definition) is 3. The van der Waals surface area contributed by atoms with Gasteiger partial charge in [-0.05, 0) is 42.9 Å². The van der Waals surface area contributed by atoms with Crippen molar-refractivity contribution in [1.29, 1.82) is 0 Å². The highest BCUT2D eigenvalue weighted by atomic mass is 35.5. The summed E-state index contributed by atoms with van der Waals surface area (Å²) in [5.41, 5.74) is 1.72. The Hall–Kier alpha value is -3.31. The fourth-order valence-electron chi connectivity index (χ4n) is 3.20. The lowest BCUT2D eigenvalue weighted by Crippen LogP contribution is -2.46. The van der Waals surface area contributed by atoms with E-state index >= 15 is 0 Å². The van der Waals surface area contributed by atoms with Gasteiger partial charge in [-0.1, -0.05) is 24.6 Å². The highest BCUT2D eigenvalue weighted by Crippen LogP contribution is 2.26. The van der Waals surface area contributed by atoms with Crippen LogP contribution in [0.2, 0.25) is 5.02 Å². The summed E-state index contributed by atoms with van der Waals surface area (Å²) in [6.45, 7) is 6.49. The predicted molar refractivity (Wildman–Crippen MR) is 121 cm³/mol. The lowest BCUT2D eigenvalue weighted by atomic mass is 10.1. The van der Waals surface area contributed by atoms with Crippen molar-refractivity contribution in [2.75, 3.05) is 42.9 Å². The zero-order valence-corrected chi connectivity index (χ0v) is 18.9. The molecular formula is C22H23ClF3N3O5. The van der Waals surface area contributed by atoms with Gasteiger partial charge in [0.05, 0.1) is 11.3 Å². The predicted octanol–water partition coefficient (Wildman–Crippen LogP) is 4.07. The van der Waals surface area contributed by atoms with Crippen molar-refractivity contribution < 1.29 is 37.8 Å². The lowest BCUT2D eigenvalue weighted by Gasteiger charge is -2.36. The molecule has 2 aromatic rings. The molecule has 0 saturated carbocycles. The molecule has 2 aromatic carbocycles. The first kappa shape index (κ1) is 26.9. The molecule has 34 heavy (non-hydrogen) atoms. The second-order valence-corrected chi connectivity index (χ2v) is 7.66. The van der Waals surface area contributed by atoms with Gasteiger partial charge in [0.1, 0.15) is 0 Å². The summed E-state index contributed by atoms with van der Waals surface area (Å²) >= 11 is 5.92. The van der Waals surface area contributed by atoms with Gasteiger partial charge in [-0.15, -0.1) is 0 Å². The number of aromatic carboxylic acids is 1. The number of hydrogen-bond acceptors (Lipinski definition) is 5. The molecule has 8 nitrogen and oxygen atoms in total. The molecule has 1 aliphatic rings. The van der Waals surface area contributed by atoms with Crippen LogP contribution in [0.5, 0.6) is 0 Å². The summed E-state index contributed by atoms with van der Waals surface area (Å²) in [5.74, 6) is -4.10. The molecule has 0 radical (unpaired) electrons. The SMILES string of the molecule is CCN1CCN(c2ccc(NC(=O)c3cccc(Cl)c3)cc2C(=O)O)CC1.O=C(O)C(F)(F)F. The van der Waals surface area contributed by atoms with Crippen LogP contribution < -0.4 is 10.2 Å². The molecule has 0 unspecified atom stereocenters. The van der Waals surface area contributed by atoms with Crippen LogP contribution in [0.1, 0.15) is 27.6 Å². The Balaban J connectivity index is 0.000000509. The number of nitrogens with one attached hydrogen (secondary N) is 1. The Morgan fingerprint density at radius 2 is 1.65 bits per heavy atom. The number of carbonyl (C=O) groups is 3. The molecule has 0 atom stereocenters. The molecule has 1 amide bonds. The number of anilines is 2. The minimum atomic E-state index is -5.08. The number of aliphatic carboxylic acids is 1. The molecule has 0 spiro atoms. The second kappa shape index (κ2) is 11.7. The van der Waals surface area contributed by atoms with Gasteiger partial charge in [0.25, 0.3) is 5.91 Å². The van der Waals surface area contributed by atoms with Gasteiger partial charge in [-0.2, -0.15) is 13.2 Å². The minimum Gasteiger partial charge on any atom is -0.478 e. The summed E-state index contributed by atoms with van der Waals surface area (Å²) in [5, 5.41) is 20.0. The van der Waals surface area contributed by atoms with E-state index in [-0.39, 0.29) is 11.5 Å². The van der Waals surface area contributed by atoms with Crippen molar-refractivity contribution in [2.24, 2.45) is 0 Å². The maximum absolute atomic E-state index is 12.4. The number of likely N-dealkylation sites (N-methyl/N-ethyl adjacent to an activating group) is 1. The number of halogens is 4. The Morgan fingerprint density at radius 3 is 2.15 bits per heavy atom. The Bertz CT molecular complexity index is 1040. The number of nitrogens with zero attached hydrogens (tertiary/aromatic N) is 2. The van der Waals surface area contributed by atoms with Gasteiger partial charge >= 0.3 is 18.1 Å². The number of benzene rings is 2. The highest BCUT2D eigenvalue weighted by Gasteiger charge is 2.38. The fraction of sp³-hybridized carbons (Fsp3) is 0.318. The Morgan fingerprint density at radius 1 is 1.03 bits per heavy atom. The van der Waals surface area contributed by atoms with Gasteiger partial charge in [0, 0.05) is 42.5 Å². The largest absolute Gasteiger partial charge is 0.490 e. The summed E-state index contributed by atoms with van der Waals surface area (Å²) < 4.78 is 31.7. The monoisotopic (exact) mass is 501 g/mol. The van der Waals surface area contributed by atoms with E-state index in [1.165, 1.54) is 6.07 Å². The smallest absolute Gasteiger partial charge is 0.478 e.